The van der Waals surface area contributed by atoms with Gasteiger partial charge < -0.3 is 19.5 Å². The van der Waals surface area contributed by atoms with Gasteiger partial charge in [-0.25, -0.2) is 4.98 Å². The van der Waals surface area contributed by atoms with Crippen molar-refractivity contribution in [2.24, 2.45) is 18.9 Å². The van der Waals surface area contributed by atoms with Crippen molar-refractivity contribution in [3.63, 3.8) is 0 Å². The van der Waals surface area contributed by atoms with Crippen molar-refractivity contribution in [1.29, 1.82) is 0 Å². The number of amides is 2. The molecule has 0 spiro atoms. The number of hydrogen-bond donors (Lipinski definition) is 1. The van der Waals surface area contributed by atoms with Gasteiger partial charge >= 0.3 is 0 Å². The van der Waals surface area contributed by atoms with Gasteiger partial charge in [0.2, 0.25) is 11.8 Å². The summed E-state index contributed by atoms with van der Waals surface area (Å²) >= 11 is 0. The van der Waals surface area contributed by atoms with Crippen LogP contribution in [0.25, 0.3) is 11.0 Å². The zero-order chi connectivity index (χ0) is 22.1. The number of rotatable bonds is 6. The summed E-state index contributed by atoms with van der Waals surface area (Å²) in [5, 5.41) is 3.17. The largest absolute Gasteiger partial charge is 0.497 e. The molecule has 0 aliphatic carbocycles. The van der Waals surface area contributed by atoms with Crippen LogP contribution in [0.3, 0.4) is 0 Å². The topological polar surface area (TPSA) is 76.5 Å². The number of anilines is 1. The lowest BCUT2D eigenvalue weighted by molar-refractivity contribution is -0.127. The van der Waals surface area contributed by atoms with E-state index in [0.717, 1.165) is 28.3 Å². The van der Waals surface area contributed by atoms with E-state index < -0.39 is 5.92 Å². The highest BCUT2D eigenvalue weighted by Crippen LogP contribution is 2.29. The lowest BCUT2D eigenvalue weighted by Crippen LogP contribution is -2.38. The number of fused-ring (bicyclic) bond motifs is 1. The number of carbonyl (C=O) groups is 2. The number of hydrogen-bond acceptors (Lipinski definition) is 4. The van der Waals surface area contributed by atoms with Crippen molar-refractivity contribution in [3.8, 4) is 5.75 Å². The van der Waals surface area contributed by atoms with Crippen LogP contribution in [0.1, 0.15) is 32.1 Å². The van der Waals surface area contributed by atoms with Crippen LogP contribution in [0.4, 0.5) is 5.69 Å². The Morgan fingerprint density at radius 1 is 1.16 bits per heavy atom. The third-order valence-corrected chi connectivity index (χ3v) is 5.94. The van der Waals surface area contributed by atoms with Gasteiger partial charge in [0.05, 0.1) is 30.1 Å². The Hall–Kier alpha value is -3.35. The average Bonchev–Trinajstić information content (AvgIpc) is 3.32. The molecule has 2 heterocycles. The van der Waals surface area contributed by atoms with Gasteiger partial charge in [-0.3, -0.25) is 9.59 Å². The maximum Gasteiger partial charge on any atom is 0.227 e. The molecular weight excluding hydrogens is 392 g/mol. The van der Waals surface area contributed by atoms with Crippen molar-refractivity contribution < 1.29 is 14.3 Å². The first-order chi connectivity index (χ1) is 14.9. The Morgan fingerprint density at radius 2 is 1.87 bits per heavy atom. The summed E-state index contributed by atoms with van der Waals surface area (Å²) in [6.45, 7) is 4.49. The molecule has 1 fully saturated rings. The van der Waals surface area contributed by atoms with Gasteiger partial charge in [-0.2, -0.15) is 0 Å². The Bertz CT molecular complexity index is 1100. The van der Waals surface area contributed by atoms with Crippen molar-refractivity contribution >= 4 is 28.5 Å². The van der Waals surface area contributed by atoms with Crippen LogP contribution >= 0.6 is 0 Å². The zero-order valence-corrected chi connectivity index (χ0v) is 18.3. The molecule has 1 aliphatic heterocycles. The van der Waals surface area contributed by atoms with E-state index in [1.807, 2.05) is 60.1 Å². The molecule has 0 saturated carbocycles. The molecule has 0 unspecified atom stereocenters. The van der Waals surface area contributed by atoms with E-state index in [-0.39, 0.29) is 30.2 Å². The number of aromatic nitrogens is 2. The van der Waals surface area contributed by atoms with Crippen LogP contribution < -0.4 is 15.0 Å². The van der Waals surface area contributed by atoms with Gasteiger partial charge in [-0.1, -0.05) is 26.0 Å². The Labute approximate surface area is 182 Å². The predicted octanol–water partition coefficient (Wildman–Crippen LogP) is 3.45. The van der Waals surface area contributed by atoms with Gasteiger partial charge in [-0.15, -0.1) is 0 Å². The van der Waals surface area contributed by atoms with Gasteiger partial charge in [0.15, 0.2) is 0 Å². The second kappa shape index (κ2) is 8.41. The van der Waals surface area contributed by atoms with E-state index in [4.69, 9.17) is 9.72 Å². The number of carbonyl (C=O) groups excluding carboxylic acids is 2. The molecular formula is C24H28N4O3. The summed E-state index contributed by atoms with van der Waals surface area (Å²) in [4.78, 5) is 32.2. The normalized spacial score (nSPS) is 17.4. The van der Waals surface area contributed by atoms with Crippen molar-refractivity contribution in [3.05, 3.63) is 54.4 Å². The number of nitrogens with zero attached hydrogens (tertiary/aromatic N) is 3. The Morgan fingerprint density at radius 3 is 2.52 bits per heavy atom. The molecule has 0 radical (unpaired) electrons. The van der Waals surface area contributed by atoms with Crippen LogP contribution in [0.2, 0.25) is 0 Å². The lowest BCUT2D eigenvalue weighted by atomic mass is 10.0. The fraction of sp³-hybridized carbons (Fsp3) is 0.375. The van der Waals surface area contributed by atoms with E-state index in [9.17, 15) is 9.59 Å². The van der Waals surface area contributed by atoms with Gasteiger partial charge in [0.25, 0.3) is 0 Å². The standard InChI is InChI=1S/C24H28N4O3/c1-15(2)22(23-25-19-7-5-6-8-20(19)27(23)3)26-24(30)16-13-21(29)28(14-16)17-9-11-18(31-4)12-10-17/h5-12,15-16,22H,13-14H2,1-4H3,(H,26,30)/t16-,22+/m1/s1. The maximum atomic E-state index is 13.1. The first kappa shape index (κ1) is 20.9. The van der Waals surface area contributed by atoms with E-state index in [0.29, 0.717) is 6.54 Å². The summed E-state index contributed by atoms with van der Waals surface area (Å²) in [5.41, 5.74) is 2.71. The van der Waals surface area contributed by atoms with E-state index >= 15 is 0 Å². The van der Waals surface area contributed by atoms with Crippen LogP contribution in [0, 0.1) is 11.8 Å². The minimum atomic E-state index is -0.398. The van der Waals surface area contributed by atoms with Crippen molar-refractivity contribution in [2.75, 3.05) is 18.6 Å². The van der Waals surface area contributed by atoms with Crippen molar-refractivity contribution in [1.82, 2.24) is 14.9 Å². The maximum absolute atomic E-state index is 13.1. The second-order valence-electron chi connectivity index (χ2n) is 8.35. The molecule has 1 N–H and O–H groups in total. The minimum Gasteiger partial charge on any atom is -0.497 e. The van der Waals surface area contributed by atoms with Crippen molar-refractivity contribution in [2.45, 2.75) is 26.3 Å². The highest BCUT2D eigenvalue weighted by atomic mass is 16.5. The average molecular weight is 421 g/mol. The lowest BCUT2D eigenvalue weighted by Gasteiger charge is -2.24. The Kier molecular flexibility index (Phi) is 5.67. The molecule has 3 aromatic rings. The molecule has 7 nitrogen and oxygen atoms in total. The van der Waals surface area contributed by atoms with Crippen LogP contribution in [0.15, 0.2) is 48.5 Å². The van der Waals surface area contributed by atoms with Crippen LogP contribution in [0.5, 0.6) is 5.75 Å². The number of nitrogens with one attached hydrogen (secondary N) is 1. The quantitative estimate of drug-likeness (QED) is 0.663. The summed E-state index contributed by atoms with van der Waals surface area (Å²) in [5.74, 6) is 1.14. The molecule has 31 heavy (non-hydrogen) atoms. The molecule has 4 rings (SSSR count). The number of para-hydroxylation sites is 2. The third-order valence-electron chi connectivity index (χ3n) is 5.94. The minimum absolute atomic E-state index is 0.0471. The molecule has 162 valence electrons. The zero-order valence-electron chi connectivity index (χ0n) is 18.3. The summed E-state index contributed by atoms with van der Waals surface area (Å²) in [6.07, 6.45) is 0.200. The van der Waals surface area contributed by atoms with Gasteiger partial charge in [0, 0.05) is 25.7 Å². The number of benzene rings is 2. The van der Waals surface area contributed by atoms with Gasteiger partial charge in [0.1, 0.15) is 11.6 Å². The van der Waals surface area contributed by atoms with Gasteiger partial charge in [-0.05, 0) is 42.3 Å². The Balaban J connectivity index is 1.51. The summed E-state index contributed by atoms with van der Waals surface area (Å²) < 4.78 is 7.21. The number of methoxy groups -OCH3 is 1. The predicted molar refractivity (Wildman–Crippen MR) is 120 cm³/mol. The monoisotopic (exact) mass is 420 g/mol. The van der Waals surface area contributed by atoms with E-state index in [1.54, 1.807) is 12.0 Å². The first-order valence-electron chi connectivity index (χ1n) is 10.5. The second-order valence-corrected chi connectivity index (χ2v) is 8.35. The summed E-state index contributed by atoms with van der Waals surface area (Å²) in [6, 6.07) is 15.0. The molecule has 2 amide bonds. The number of imidazole rings is 1. The summed E-state index contributed by atoms with van der Waals surface area (Å²) in [7, 11) is 3.57. The fourth-order valence-electron chi connectivity index (χ4n) is 4.14. The fourth-order valence-corrected chi connectivity index (χ4v) is 4.14. The molecule has 2 atom stereocenters. The van der Waals surface area contributed by atoms with E-state index in [2.05, 4.69) is 19.2 Å². The highest BCUT2D eigenvalue weighted by Gasteiger charge is 2.37. The van der Waals surface area contributed by atoms with Crippen LogP contribution in [-0.2, 0) is 16.6 Å². The smallest absolute Gasteiger partial charge is 0.227 e. The highest BCUT2D eigenvalue weighted by molar-refractivity contribution is 6.00. The molecule has 2 aromatic carbocycles. The van der Waals surface area contributed by atoms with E-state index in [1.165, 1.54) is 0 Å². The molecule has 0 bridgehead atoms. The molecule has 1 aromatic heterocycles. The number of ether oxygens (including phenoxy) is 1. The molecule has 1 saturated heterocycles. The van der Waals surface area contributed by atoms with Crippen LogP contribution in [-0.4, -0.2) is 35.0 Å². The first-order valence-corrected chi connectivity index (χ1v) is 10.5. The molecule has 1 aliphatic rings. The SMILES string of the molecule is COc1ccc(N2C[C@H](C(=O)N[C@H](c3nc4ccccc4n3C)C(C)C)CC2=O)cc1. The number of aryl methyl sites for hydroxylation is 1. The molecule has 7 heteroatoms. The third kappa shape index (κ3) is 4.00.